The molecule has 0 spiro atoms. The van der Waals surface area contributed by atoms with Gasteiger partial charge in [0.2, 0.25) is 0 Å². The standard InChI is InChI=1S/C17H25FN2O3/c1-2-19(7-8-21)9-13-10-20(11-14(13)12-22)17(23)15-5-3-4-6-16(15)18/h3-6,13-14,21-22H,2,7-12H2,1H3/t13-,14-/m1/s1. The molecular formula is C17H25FN2O3. The zero-order valence-electron chi connectivity index (χ0n) is 13.5. The summed E-state index contributed by atoms with van der Waals surface area (Å²) < 4.78 is 13.8. The van der Waals surface area contributed by atoms with E-state index in [0.717, 1.165) is 6.54 Å². The topological polar surface area (TPSA) is 64.0 Å². The van der Waals surface area contributed by atoms with Crippen molar-refractivity contribution in [3.8, 4) is 0 Å². The third-order valence-corrected chi connectivity index (χ3v) is 4.56. The van der Waals surface area contributed by atoms with Gasteiger partial charge in [0, 0.05) is 38.7 Å². The fraction of sp³-hybridized carbons (Fsp3) is 0.588. The molecule has 1 aromatic carbocycles. The van der Waals surface area contributed by atoms with Crippen LogP contribution in [0.25, 0.3) is 0 Å². The number of halogens is 1. The van der Waals surface area contributed by atoms with Gasteiger partial charge in [-0.05, 0) is 24.6 Å². The van der Waals surface area contributed by atoms with E-state index < -0.39 is 5.82 Å². The largest absolute Gasteiger partial charge is 0.396 e. The van der Waals surface area contributed by atoms with Gasteiger partial charge < -0.3 is 20.0 Å². The monoisotopic (exact) mass is 324 g/mol. The van der Waals surface area contributed by atoms with Crippen LogP contribution in [0.3, 0.4) is 0 Å². The number of nitrogens with zero attached hydrogens (tertiary/aromatic N) is 2. The van der Waals surface area contributed by atoms with Crippen LogP contribution in [0.1, 0.15) is 17.3 Å². The highest BCUT2D eigenvalue weighted by Gasteiger charge is 2.36. The van der Waals surface area contributed by atoms with Crippen molar-refractivity contribution in [2.24, 2.45) is 11.8 Å². The molecule has 0 bridgehead atoms. The Hall–Kier alpha value is -1.50. The Bertz CT molecular complexity index is 526. The van der Waals surface area contributed by atoms with Gasteiger partial charge in [0.15, 0.2) is 0 Å². The molecule has 1 heterocycles. The van der Waals surface area contributed by atoms with E-state index in [2.05, 4.69) is 4.90 Å². The minimum absolute atomic E-state index is 0.00238. The minimum atomic E-state index is -0.517. The van der Waals surface area contributed by atoms with E-state index in [4.69, 9.17) is 5.11 Å². The van der Waals surface area contributed by atoms with Gasteiger partial charge in [-0.3, -0.25) is 4.79 Å². The summed E-state index contributed by atoms with van der Waals surface area (Å²) in [5, 5.41) is 18.7. The van der Waals surface area contributed by atoms with Crippen LogP contribution in [0.15, 0.2) is 24.3 Å². The molecule has 0 radical (unpaired) electrons. The molecule has 1 aliphatic heterocycles. The predicted octanol–water partition coefficient (Wildman–Crippen LogP) is 0.820. The molecule has 2 N–H and O–H groups in total. The summed E-state index contributed by atoms with van der Waals surface area (Å²) in [6.07, 6.45) is 0. The van der Waals surface area contributed by atoms with Crippen LogP contribution in [0.4, 0.5) is 4.39 Å². The molecule has 128 valence electrons. The predicted molar refractivity (Wildman–Crippen MR) is 85.6 cm³/mol. The normalized spacial score (nSPS) is 21.2. The second-order valence-electron chi connectivity index (χ2n) is 6.01. The van der Waals surface area contributed by atoms with Gasteiger partial charge in [-0.2, -0.15) is 0 Å². The molecule has 0 aromatic heterocycles. The number of hydrogen-bond acceptors (Lipinski definition) is 4. The van der Waals surface area contributed by atoms with Crippen LogP contribution >= 0.6 is 0 Å². The van der Waals surface area contributed by atoms with Crippen molar-refractivity contribution < 1.29 is 19.4 Å². The number of carbonyl (C=O) groups is 1. The van der Waals surface area contributed by atoms with E-state index in [1.165, 1.54) is 12.1 Å². The first-order valence-corrected chi connectivity index (χ1v) is 8.08. The lowest BCUT2D eigenvalue weighted by atomic mass is 9.96. The zero-order valence-corrected chi connectivity index (χ0v) is 13.5. The summed E-state index contributed by atoms with van der Waals surface area (Å²) in [4.78, 5) is 16.2. The molecule has 2 atom stereocenters. The fourth-order valence-electron chi connectivity index (χ4n) is 3.17. The number of aliphatic hydroxyl groups excluding tert-OH is 2. The Morgan fingerprint density at radius 1 is 1.30 bits per heavy atom. The third kappa shape index (κ3) is 4.28. The first-order chi connectivity index (χ1) is 11.1. The van der Waals surface area contributed by atoms with Gasteiger partial charge in [-0.25, -0.2) is 4.39 Å². The number of likely N-dealkylation sites (tertiary alicyclic amines) is 1. The van der Waals surface area contributed by atoms with Crippen molar-refractivity contribution >= 4 is 5.91 Å². The molecule has 6 heteroatoms. The van der Waals surface area contributed by atoms with E-state index in [1.54, 1.807) is 17.0 Å². The quantitative estimate of drug-likeness (QED) is 0.779. The molecule has 2 rings (SSSR count). The second-order valence-corrected chi connectivity index (χ2v) is 6.01. The molecule has 1 aromatic rings. The number of aliphatic hydroxyl groups is 2. The lowest BCUT2D eigenvalue weighted by Crippen LogP contribution is -2.36. The van der Waals surface area contributed by atoms with Crippen LogP contribution < -0.4 is 0 Å². The highest BCUT2D eigenvalue weighted by Crippen LogP contribution is 2.26. The van der Waals surface area contributed by atoms with Crippen molar-refractivity contribution in [3.63, 3.8) is 0 Å². The summed E-state index contributed by atoms with van der Waals surface area (Å²) in [6.45, 7) is 5.13. The van der Waals surface area contributed by atoms with E-state index in [-0.39, 0.29) is 36.5 Å². The molecule has 1 amide bonds. The summed E-state index contributed by atoms with van der Waals surface area (Å²) in [6, 6.07) is 5.98. The molecule has 1 saturated heterocycles. The molecule has 23 heavy (non-hydrogen) atoms. The highest BCUT2D eigenvalue weighted by molar-refractivity contribution is 5.94. The Morgan fingerprint density at radius 2 is 2.00 bits per heavy atom. The van der Waals surface area contributed by atoms with Crippen LogP contribution in [-0.4, -0.2) is 71.9 Å². The molecule has 1 aliphatic rings. The molecule has 0 aliphatic carbocycles. The van der Waals surface area contributed by atoms with Gasteiger partial charge in [-0.15, -0.1) is 0 Å². The molecule has 5 nitrogen and oxygen atoms in total. The Morgan fingerprint density at radius 3 is 2.61 bits per heavy atom. The lowest BCUT2D eigenvalue weighted by molar-refractivity contribution is 0.0774. The average molecular weight is 324 g/mol. The van der Waals surface area contributed by atoms with Gasteiger partial charge in [0.1, 0.15) is 5.82 Å². The van der Waals surface area contributed by atoms with Crippen molar-refractivity contribution in [1.29, 1.82) is 0 Å². The highest BCUT2D eigenvalue weighted by atomic mass is 19.1. The SMILES string of the molecule is CCN(CCO)C[C@@H]1CN(C(=O)c2ccccc2F)C[C@@H]1CO. The summed E-state index contributed by atoms with van der Waals surface area (Å²) >= 11 is 0. The van der Waals surface area contributed by atoms with Crippen molar-refractivity contribution in [2.45, 2.75) is 6.92 Å². The first-order valence-electron chi connectivity index (χ1n) is 8.08. The number of hydrogen-bond donors (Lipinski definition) is 2. The van der Waals surface area contributed by atoms with Gasteiger partial charge in [-0.1, -0.05) is 19.1 Å². The van der Waals surface area contributed by atoms with Crippen LogP contribution in [-0.2, 0) is 0 Å². The number of rotatable bonds is 7. The fourth-order valence-corrected chi connectivity index (χ4v) is 3.17. The first kappa shape index (κ1) is 17.8. The van der Waals surface area contributed by atoms with E-state index in [0.29, 0.717) is 26.2 Å². The van der Waals surface area contributed by atoms with E-state index in [1.807, 2.05) is 6.92 Å². The maximum absolute atomic E-state index is 13.8. The Balaban J connectivity index is 2.06. The summed E-state index contributed by atoms with van der Waals surface area (Å²) in [5.74, 6) is -0.730. The zero-order chi connectivity index (χ0) is 16.8. The lowest BCUT2D eigenvalue weighted by Gasteiger charge is -2.25. The molecule has 0 unspecified atom stereocenters. The van der Waals surface area contributed by atoms with E-state index in [9.17, 15) is 14.3 Å². The van der Waals surface area contributed by atoms with E-state index >= 15 is 0 Å². The number of benzene rings is 1. The third-order valence-electron chi connectivity index (χ3n) is 4.56. The Labute approximate surface area is 136 Å². The average Bonchev–Trinajstić information content (AvgIpc) is 2.97. The van der Waals surface area contributed by atoms with Gasteiger partial charge >= 0.3 is 0 Å². The smallest absolute Gasteiger partial charge is 0.256 e. The maximum Gasteiger partial charge on any atom is 0.256 e. The van der Waals surface area contributed by atoms with Crippen molar-refractivity contribution in [3.05, 3.63) is 35.6 Å². The van der Waals surface area contributed by atoms with Crippen molar-refractivity contribution in [1.82, 2.24) is 9.80 Å². The Kier molecular flexibility index (Phi) is 6.50. The number of likely N-dealkylation sites (N-methyl/N-ethyl adjacent to an activating group) is 1. The summed E-state index contributed by atoms with van der Waals surface area (Å²) in [7, 11) is 0. The summed E-state index contributed by atoms with van der Waals surface area (Å²) in [5.41, 5.74) is 0.0764. The molecule has 1 fully saturated rings. The molecular weight excluding hydrogens is 299 g/mol. The molecule has 0 saturated carbocycles. The van der Waals surface area contributed by atoms with Crippen LogP contribution in [0, 0.1) is 17.7 Å². The number of amides is 1. The van der Waals surface area contributed by atoms with Crippen LogP contribution in [0.2, 0.25) is 0 Å². The maximum atomic E-state index is 13.8. The van der Waals surface area contributed by atoms with Crippen LogP contribution in [0.5, 0.6) is 0 Å². The van der Waals surface area contributed by atoms with Gasteiger partial charge in [0.25, 0.3) is 5.91 Å². The number of carbonyl (C=O) groups excluding carboxylic acids is 1. The van der Waals surface area contributed by atoms with Crippen molar-refractivity contribution in [2.75, 3.05) is 45.9 Å². The minimum Gasteiger partial charge on any atom is -0.396 e. The van der Waals surface area contributed by atoms with Gasteiger partial charge in [0.05, 0.1) is 12.2 Å². The second kappa shape index (κ2) is 8.38.